The Bertz CT molecular complexity index is 639. The van der Waals surface area contributed by atoms with E-state index in [0.29, 0.717) is 0 Å². The van der Waals surface area contributed by atoms with Gasteiger partial charge in [-0.05, 0) is 0 Å². The molecule has 0 radical (unpaired) electrons. The second-order valence-corrected chi connectivity index (χ2v) is 7.28. The topological polar surface area (TPSA) is 265 Å². The molecule has 180 valence electrons. The molecule has 31 heavy (non-hydrogen) atoms. The lowest BCUT2D eigenvalue weighted by Gasteiger charge is -2.43. The van der Waals surface area contributed by atoms with Crippen molar-refractivity contribution in [3.63, 3.8) is 0 Å². The molecule has 0 unspecified atom stereocenters. The Kier molecular flexibility index (Phi) is 8.65. The fourth-order valence-corrected chi connectivity index (χ4v) is 3.19. The molecular formula is C16H28N2O13. The van der Waals surface area contributed by atoms with Crippen LogP contribution in [-0.2, 0) is 28.5 Å². The van der Waals surface area contributed by atoms with Crippen LogP contribution in [0.4, 0.5) is 0 Å². The number of primary amides is 1. The average Bonchev–Trinajstić information content (AvgIpc) is 2.97. The van der Waals surface area contributed by atoms with Gasteiger partial charge in [0.15, 0.2) is 6.29 Å². The molecule has 1 amide bonds. The highest BCUT2D eigenvalue weighted by molar-refractivity contribution is 5.84. The highest BCUT2D eigenvalue weighted by atomic mass is 16.8. The molecule has 0 aromatic heterocycles. The monoisotopic (exact) mass is 456 g/mol. The molecule has 0 saturated carbocycles. The molecule has 0 spiro atoms. The summed E-state index contributed by atoms with van der Waals surface area (Å²) in [6.07, 6.45) is -14.2. The lowest BCUT2D eigenvalue weighted by atomic mass is 9.99. The van der Waals surface area contributed by atoms with Gasteiger partial charge >= 0.3 is 5.97 Å². The van der Waals surface area contributed by atoms with Crippen LogP contribution < -0.4 is 11.5 Å². The molecule has 2 fully saturated rings. The molecule has 2 saturated heterocycles. The highest BCUT2D eigenvalue weighted by Crippen LogP contribution is 2.36. The van der Waals surface area contributed by atoms with E-state index in [1.54, 1.807) is 0 Å². The predicted molar refractivity (Wildman–Crippen MR) is 94.3 cm³/mol. The summed E-state index contributed by atoms with van der Waals surface area (Å²) >= 11 is 0. The first-order valence-corrected chi connectivity index (χ1v) is 9.31. The molecule has 0 bridgehead atoms. The number of esters is 1. The molecule has 2 rings (SSSR count). The van der Waals surface area contributed by atoms with Crippen LogP contribution in [0.5, 0.6) is 0 Å². The number of carbonyl (C=O) groups is 2. The largest absolute Gasteiger partial charge is 0.462 e. The summed E-state index contributed by atoms with van der Waals surface area (Å²) in [5.41, 5.74) is 10.4. The maximum Gasteiger partial charge on any atom is 0.323 e. The number of rotatable bonds is 9. The van der Waals surface area contributed by atoms with Crippen LogP contribution in [0.15, 0.2) is 0 Å². The summed E-state index contributed by atoms with van der Waals surface area (Å²) in [6, 6.07) is -1.38. The molecule has 2 heterocycles. The van der Waals surface area contributed by atoms with Crippen LogP contribution in [0.1, 0.15) is 6.42 Å². The summed E-state index contributed by atoms with van der Waals surface area (Å²) in [6.45, 7) is -2.47. The van der Waals surface area contributed by atoms with Crippen molar-refractivity contribution in [3.05, 3.63) is 0 Å². The Balaban J connectivity index is 2.09. The predicted octanol–water partition coefficient (Wildman–Crippen LogP) is -6.64. The molecule has 2 aliphatic rings. The standard InChI is InChI=1S/C16H28N2O13/c17-5(1-8(18)21)14(27)28-3-7-9(22)11(24)12(25)15(29-7)31-16(4-20)13(26)10(23)6(2-19)30-16/h5-7,9-13,15,19-20,22-26H,1-4,17H2,(H2,18,21)/t5-,6+,7+,9+,10+,11-,12+,13-,15+,16-/m0/s1. The first-order valence-electron chi connectivity index (χ1n) is 9.31. The van der Waals surface area contributed by atoms with Crippen molar-refractivity contribution in [1.82, 2.24) is 0 Å². The summed E-state index contributed by atoms with van der Waals surface area (Å²) in [7, 11) is 0. The molecule has 15 heteroatoms. The van der Waals surface area contributed by atoms with Crippen molar-refractivity contribution in [1.29, 1.82) is 0 Å². The van der Waals surface area contributed by atoms with E-state index in [-0.39, 0.29) is 0 Å². The highest BCUT2D eigenvalue weighted by Gasteiger charge is 2.58. The Morgan fingerprint density at radius 1 is 1.00 bits per heavy atom. The number of amides is 1. The van der Waals surface area contributed by atoms with E-state index in [1.165, 1.54) is 0 Å². The molecule has 0 aromatic rings. The normalized spacial score (nSPS) is 41.7. The van der Waals surface area contributed by atoms with E-state index in [1.807, 2.05) is 0 Å². The number of hydrogen-bond donors (Lipinski definition) is 9. The zero-order valence-corrected chi connectivity index (χ0v) is 16.3. The van der Waals surface area contributed by atoms with Crippen LogP contribution in [-0.4, -0.2) is 128 Å². The van der Waals surface area contributed by atoms with Gasteiger partial charge in [0.1, 0.15) is 62.0 Å². The zero-order chi connectivity index (χ0) is 23.5. The van der Waals surface area contributed by atoms with Crippen LogP contribution >= 0.6 is 0 Å². The average molecular weight is 456 g/mol. The van der Waals surface area contributed by atoms with E-state index in [4.69, 9.17) is 30.4 Å². The van der Waals surface area contributed by atoms with Gasteiger partial charge in [-0.25, -0.2) is 0 Å². The third-order valence-corrected chi connectivity index (χ3v) is 5.00. The van der Waals surface area contributed by atoms with Crippen LogP contribution in [0.2, 0.25) is 0 Å². The molecule has 11 N–H and O–H groups in total. The van der Waals surface area contributed by atoms with Crippen LogP contribution in [0.25, 0.3) is 0 Å². The maximum absolute atomic E-state index is 11.8. The molecule has 0 aromatic carbocycles. The van der Waals surface area contributed by atoms with Gasteiger partial charge in [0.2, 0.25) is 11.7 Å². The van der Waals surface area contributed by atoms with Gasteiger partial charge in [-0.3, -0.25) is 9.59 Å². The molecular weight excluding hydrogens is 428 g/mol. The lowest BCUT2D eigenvalue weighted by Crippen LogP contribution is -2.63. The molecule has 15 nitrogen and oxygen atoms in total. The van der Waals surface area contributed by atoms with Gasteiger partial charge in [-0.15, -0.1) is 0 Å². The fourth-order valence-electron chi connectivity index (χ4n) is 3.19. The van der Waals surface area contributed by atoms with Crippen LogP contribution in [0.3, 0.4) is 0 Å². The summed E-state index contributed by atoms with van der Waals surface area (Å²) in [4.78, 5) is 22.6. The van der Waals surface area contributed by atoms with Crippen molar-refractivity contribution in [3.8, 4) is 0 Å². The van der Waals surface area contributed by atoms with E-state index >= 15 is 0 Å². The minimum Gasteiger partial charge on any atom is -0.462 e. The Labute approximate surface area is 175 Å². The molecule has 0 aliphatic carbocycles. The minimum atomic E-state index is -2.34. The number of hydrogen-bond acceptors (Lipinski definition) is 14. The Hall–Kier alpha value is -1.50. The van der Waals surface area contributed by atoms with Crippen molar-refractivity contribution in [2.24, 2.45) is 11.5 Å². The van der Waals surface area contributed by atoms with E-state index in [9.17, 15) is 45.3 Å². The Morgan fingerprint density at radius 2 is 1.65 bits per heavy atom. The second-order valence-electron chi connectivity index (χ2n) is 7.28. The van der Waals surface area contributed by atoms with Gasteiger partial charge in [-0.2, -0.15) is 0 Å². The fraction of sp³-hybridized carbons (Fsp3) is 0.875. The summed E-state index contributed by atoms with van der Waals surface area (Å²) in [5, 5.41) is 69.3. The number of ether oxygens (including phenoxy) is 4. The van der Waals surface area contributed by atoms with E-state index in [2.05, 4.69) is 0 Å². The summed E-state index contributed by atoms with van der Waals surface area (Å²) < 4.78 is 20.6. The van der Waals surface area contributed by atoms with E-state index < -0.39 is 99.0 Å². The SMILES string of the molecule is NC(=O)C[C@H](N)C(=O)OC[C@H]1O[C@H](O[C@]2(CO)O[C@H](CO)[C@@H](O)[C@@H]2O)[C@H](O)[C@@H](O)[C@@H]1O. The van der Waals surface area contributed by atoms with E-state index in [0.717, 1.165) is 0 Å². The third kappa shape index (κ3) is 5.47. The zero-order valence-electron chi connectivity index (χ0n) is 16.3. The van der Waals surface area contributed by atoms with Crippen LogP contribution in [0, 0.1) is 0 Å². The Morgan fingerprint density at radius 3 is 2.16 bits per heavy atom. The lowest BCUT2D eigenvalue weighted by molar-refractivity contribution is -0.383. The van der Waals surface area contributed by atoms with Crippen molar-refractivity contribution < 1.29 is 64.3 Å². The van der Waals surface area contributed by atoms with Crippen molar-refractivity contribution in [2.45, 2.75) is 67.3 Å². The van der Waals surface area contributed by atoms with Gasteiger partial charge < -0.3 is 66.2 Å². The molecule has 2 aliphatic heterocycles. The number of aliphatic hydroxyl groups excluding tert-OH is 7. The maximum atomic E-state index is 11.8. The van der Waals surface area contributed by atoms with Crippen molar-refractivity contribution >= 4 is 11.9 Å². The first-order chi connectivity index (χ1) is 14.5. The third-order valence-electron chi connectivity index (χ3n) is 5.00. The minimum absolute atomic E-state index is 0.497. The number of nitrogens with two attached hydrogens (primary N) is 2. The number of aliphatic hydroxyl groups is 7. The molecule has 10 atom stereocenters. The van der Waals surface area contributed by atoms with Gasteiger partial charge in [0, 0.05) is 0 Å². The second kappa shape index (κ2) is 10.4. The smallest absolute Gasteiger partial charge is 0.323 e. The first kappa shape index (κ1) is 25.8. The van der Waals surface area contributed by atoms with Gasteiger partial charge in [0.25, 0.3) is 0 Å². The van der Waals surface area contributed by atoms with Gasteiger partial charge in [0.05, 0.1) is 13.0 Å². The number of carbonyl (C=O) groups excluding carboxylic acids is 2. The van der Waals surface area contributed by atoms with Crippen molar-refractivity contribution in [2.75, 3.05) is 19.8 Å². The van der Waals surface area contributed by atoms with Gasteiger partial charge in [-0.1, -0.05) is 0 Å². The summed E-state index contributed by atoms with van der Waals surface area (Å²) in [5.74, 6) is -4.24. The quantitative estimate of drug-likeness (QED) is 0.146.